The average molecular weight is 429 g/mol. The maximum atomic E-state index is 12.9. The number of sulfonamides is 1. The highest BCUT2D eigenvalue weighted by Crippen LogP contribution is 2.38. The van der Waals surface area contributed by atoms with Crippen LogP contribution in [-0.2, 0) is 10.0 Å². The van der Waals surface area contributed by atoms with Gasteiger partial charge in [-0.25, -0.2) is 18.4 Å². The minimum absolute atomic E-state index is 0.199. The third kappa shape index (κ3) is 3.53. The Kier molecular flexibility index (Phi) is 5.01. The summed E-state index contributed by atoms with van der Waals surface area (Å²) in [6, 6.07) is 12.0. The normalized spacial score (nSPS) is 21.1. The van der Waals surface area contributed by atoms with Gasteiger partial charge in [-0.1, -0.05) is 18.6 Å². The summed E-state index contributed by atoms with van der Waals surface area (Å²) in [5.41, 5.74) is 1.04. The van der Waals surface area contributed by atoms with E-state index in [1.54, 1.807) is 21.7 Å². The third-order valence-electron chi connectivity index (χ3n) is 5.82. The van der Waals surface area contributed by atoms with Crippen molar-refractivity contribution in [1.29, 1.82) is 0 Å². The number of piperidine rings is 1. The molecule has 2 aliphatic rings. The Bertz CT molecular complexity index is 1070. The summed E-state index contributed by atoms with van der Waals surface area (Å²) in [5.74, 6) is 0.823. The molecule has 2 aromatic heterocycles. The maximum absolute atomic E-state index is 12.9. The van der Waals surface area contributed by atoms with E-state index in [2.05, 4.69) is 16.0 Å². The molecule has 8 heteroatoms. The molecule has 2 fully saturated rings. The fourth-order valence-corrected chi connectivity index (χ4v) is 6.86. The molecule has 152 valence electrons. The summed E-state index contributed by atoms with van der Waals surface area (Å²) >= 11 is 1.74. The van der Waals surface area contributed by atoms with Crippen molar-refractivity contribution in [3.63, 3.8) is 0 Å². The van der Waals surface area contributed by atoms with Crippen LogP contribution in [0.2, 0.25) is 0 Å². The first-order valence-corrected chi connectivity index (χ1v) is 12.5. The number of nitrogens with zero attached hydrogens (tertiary/aromatic N) is 4. The lowest BCUT2D eigenvalue weighted by molar-refractivity contribution is 0.346. The van der Waals surface area contributed by atoms with Gasteiger partial charge >= 0.3 is 0 Å². The van der Waals surface area contributed by atoms with Crippen molar-refractivity contribution in [2.24, 2.45) is 0 Å². The van der Waals surface area contributed by atoms with Crippen molar-refractivity contribution in [2.75, 3.05) is 24.5 Å². The van der Waals surface area contributed by atoms with E-state index in [-0.39, 0.29) is 6.04 Å². The van der Waals surface area contributed by atoms with Gasteiger partial charge < -0.3 is 4.90 Å². The molecule has 4 heterocycles. The lowest BCUT2D eigenvalue weighted by Gasteiger charge is -2.27. The van der Waals surface area contributed by atoms with Crippen LogP contribution in [-0.4, -0.2) is 42.3 Å². The van der Waals surface area contributed by atoms with Crippen LogP contribution in [0.3, 0.4) is 0 Å². The van der Waals surface area contributed by atoms with E-state index in [0.717, 1.165) is 55.0 Å². The van der Waals surface area contributed by atoms with Crippen molar-refractivity contribution in [1.82, 2.24) is 14.3 Å². The number of rotatable bonds is 4. The smallest absolute Gasteiger partial charge is 0.244 e. The molecule has 1 atom stereocenters. The molecule has 0 N–H and O–H groups in total. The first-order chi connectivity index (χ1) is 14.1. The molecule has 5 rings (SSSR count). The zero-order valence-electron chi connectivity index (χ0n) is 16.2. The first kappa shape index (κ1) is 19.0. The molecule has 0 bridgehead atoms. The highest BCUT2D eigenvalue weighted by molar-refractivity contribution is 7.89. The van der Waals surface area contributed by atoms with Crippen LogP contribution in [0.15, 0.2) is 47.5 Å². The lowest BCUT2D eigenvalue weighted by Crippen LogP contribution is -2.35. The van der Waals surface area contributed by atoms with Crippen molar-refractivity contribution in [3.05, 3.63) is 47.6 Å². The molecule has 1 unspecified atom stereocenters. The fourth-order valence-electron chi connectivity index (χ4n) is 4.28. The number of benzene rings is 1. The topological polar surface area (TPSA) is 66.4 Å². The Morgan fingerprint density at radius 2 is 1.79 bits per heavy atom. The number of hydrogen-bond acceptors (Lipinski definition) is 6. The molecule has 2 saturated heterocycles. The van der Waals surface area contributed by atoms with Crippen LogP contribution in [0.4, 0.5) is 5.82 Å². The first-order valence-electron chi connectivity index (χ1n) is 10.2. The second kappa shape index (κ2) is 7.66. The van der Waals surface area contributed by atoms with Crippen LogP contribution in [0.1, 0.15) is 43.2 Å². The second-order valence-corrected chi connectivity index (χ2v) is 10.7. The zero-order chi connectivity index (χ0) is 19.8. The third-order valence-corrected chi connectivity index (χ3v) is 8.84. The van der Waals surface area contributed by atoms with Gasteiger partial charge in [-0.2, -0.15) is 4.31 Å². The highest BCUT2D eigenvalue weighted by Gasteiger charge is 2.31. The number of anilines is 1. The standard InChI is InChI=1S/C21H24N4O2S2/c26-29(27,24-12-4-1-5-13-24)16-10-11-20(22-15-16)25-14-6-8-18(25)21-23-17-7-2-3-9-19(17)28-21/h2-3,7,9-11,15,18H,1,4-6,8,12-14H2. The number of thiazole rings is 1. The van der Waals surface area contributed by atoms with E-state index < -0.39 is 10.0 Å². The molecule has 3 aromatic rings. The van der Waals surface area contributed by atoms with Gasteiger partial charge in [0.15, 0.2) is 0 Å². The van der Waals surface area contributed by atoms with Gasteiger partial charge in [-0.05, 0) is 49.9 Å². The Morgan fingerprint density at radius 1 is 0.966 bits per heavy atom. The second-order valence-electron chi connectivity index (χ2n) is 7.69. The van der Waals surface area contributed by atoms with Crippen LogP contribution in [0.5, 0.6) is 0 Å². The summed E-state index contributed by atoms with van der Waals surface area (Å²) in [5, 5.41) is 1.11. The molecule has 0 aliphatic carbocycles. The molecule has 1 aromatic carbocycles. The van der Waals surface area contributed by atoms with Gasteiger partial charge in [0.1, 0.15) is 15.7 Å². The van der Waals surface area contributed by atoms with Gasteiger partial charge in [-0.15, -0.1) is 11.3 Å². The molecule has 0 spiro atoms. The van der Waals surface area contributed by atoms with Crippen molar-refractivity contribution in [3.8, 4) is 0 Å². The number of pyridine rings is 1. The molecule has 6 nitrogen and oxygen atoms in total. The number of fused-ring (bicyclic) bond motifs is 1. The van der Waals surface area contributed by atoms with Crippen LogP contribution in [0, 0.1) is 0 Å². The van der Waals surface area contributed by atoms with Crippen LogP contribution in [0.25, 0.3) is 10.2 Å². The fraction of sp³-hybridized carbons (Fsp3) is 0.429. The molecule has 2 aliphatic heterocycles. The summed E-state index contributed by atoms with van der Waals surface area (Å²) < 4.78 is 28.5. The van der Waals surface area contributed by atoms with Crippen molar-refractivity contribution in [2.45, 2.75) is 43.0 Å². The van der Waals surface area contributed by atoms with Crippen molar-refractivity contribution < 1.29 is 8.42 Å². The number of hydrogen-bond donors (Lipinski definition) is 0. The average Bonchev–Trinajstić information content (AvgIpc) is 3.41. The van der Waals surface area contributed by atoms with Gasteiger partial charge in [0.25, 0.3) is 0 Å². The number of para-hydroxylation sites is 1. The lowest BCUT2D eigenvalue weighted by atomic mass is 10.2. The molecule has 0 saturated carbocycles. The Hall–Kier alpha value is -2.03. The number of aromatic nitrogens is 2. The molecule has 0 amide bonds. The minimum atomic E-state index is -3.44. The predicted molar refractivity (Wildman–Crippen MR) is 116 cm³/mol. The maximum Gasteiger partial charge on any atom is 0.244 e. The quantitative estimate of drug-likeness (QED) is 0.623. The van der Waals surface area contributed by atoms with E-state index >= 15 is 0 Å². The van der Waals surface area contributed by atoms with Crippen LogP contribution >= 0.6 is 11.3 Å². The van der Waals surface area contributed by atoms with E-state index in [1.165, 1.54) is 10.9 Å². The Balaban J connectivity index is 1.40. The summed E-state index contributed by atoms with van der Waals surface area (Å²) in [6.07, 6.45) is 6.61. The van der Waals surface area contributed by atoms with Crippen molar-refractivity contribution >= 4 is 37.4 Å². The highest BCUT2D eigenvalue weighted by atomic mass is 32.2. The van der Waals surface area contributed by atoms with Gasteiger partial charge in [-0.3, -0.25) is 0 Å². The Labute approximate surface area is 175 Å². The van der Waals surface area contributed by atoms with E-state index in [9.17, 15) is 8.42 Å². The van der Waals surface area contributed by atoms with E-state index in [0.29, 0.717) is 18.0 Å². The van der Waals surface area contributed by atoms with E-state index in [4.69, 9.17) is 4.98 Å². The van der Waals surface area contributed by atoms with Gasteiger partial charge in [0.2, 0.25) is 10.0 Å². The van der Waals surface area contributed by atoms with Crippen LogP contribution < -0.4 is 4.90 Å². The molecular formula is C21H24N4O2S2. The molecular weight excluding hydrogens is 404 g/mol. The summed E-state index contributed by atoms with van der Waals surface area (Å²) in [6.45, 7) is 2.12. The molecule has 29 heavy (non-hydrogen) atoms. The summed E-state index contributed by atoms with van der Waals surface area (Å²) in [7, 11) is -3.44. The summed E-state index contributed by atoms with van der Waals surface area (Å²) in [4.78, 5) is 11.9. The minimum Gasteiger partial charge on any atom is -0.347 e. The largest absolute Gasteiger partial charge is 0.347 e. The predicted octanol–water partition coefficient (Wildman–Crippen LogP) is 4.21. The monoisotopic (exact) mass is 428 g/mol. The van der Waals surface area contributed by atoms with Gasteiger partial charge in [0, 0.05) is 25.8 Å². The van der Waals surface area contributed by atoms with Gasteiger partial charge in [0.05, 0.1) is 16.3 Å². The SMILES string of the molecule is O=S(=O)(c1ccc(N2CCCC2c2nc3ccccc3s2)nc1)N1CCCCC1. The Morgan fingerprint density at radius 3 is 2.55 bits per heavy atom. The van der Waals surface area contributed by atoms with E-state index in [1.807, 2.05) is 24.3 Å². The zero-order valence-corrected chi connectivity index (χ0v) is 17.8. The molecule has 0 radical (unpaired) electrons.